The third-order valence-electron chi connectivity index (χ3n) is 2.97. The summed E-state index contributed by atoms with van der Waals surface area (Å²) >= 11 is 5.80. The molecule has 0 bridgehead atoms. The third kappa shape index (κ3) is 3.66. The minimum absolute atomic E-state index is 0.128. The molecule has 1 amide bonds. The van der Waals surface area contributed by atoms with E-state index in [1.54, 1.807) is 0 Å². The molecular weight excluding hydrogens is 522 g/mol. The minimum Gasteiger partial charge on any atom is -0.298 e. The van der Waals surface area contributed by atoms with Gasteiger partial charge < -0.3 is 0 Å². The van der Waals surface area contributed by atoms with E-state index in [2.05, 4.69) is 55.5 Å². The van der Waals surface area contributed by atoms with Crippen LogP contribution in [0.3, 0.4) is 0 Å². The molecule has 0 fully saturated rings. The number of hydrogen-bond donors (Lipinski definition) is 1. The van der Waals surface area contributed by atoms with Gasteiger partial charge in [0.2, 0.25) is 0 Å². The Morgan fingerprint density at radius 1 is 1.09 bits per heavy atom. The lowest BCUT2D eigenvalue weighted by Gasteiger charge is -2.05. The number of anilines is 1. The number of nitrogens with zero attached hydrogens (tertiary/aromatic N) is 1. The monoisotopic (exact) mass is 532 g/mol. The summed E-state index contributed by atoms with van der Waals surface area (Å²) in [7, 11) is 0. The van der Waals surface area contributed by atoms with Crippen molar-refractivity contribution >= 4 is 67.6 Å². The zero-order valence-corrected chi connectivity index (χ0v) is 16.3. The topological polar surface area (TPSA) is 42.0 Å². The smallest absolute Gasteiger partial charge is 0.258 e. The summed E-state index contributed by atoms with van der Waals surface area (Å²) in [5.74, 6) is -0.128. The number of hydrogen-bond acceptors (Lipinski definition) is 3. The fourth-order valence-electron chi connectivity index (χ4n) is 1.91. The molecule has 1 heterocycles. The van der Waals surface area contributed by atoms with Gasteiger partial charge in [-0.15, -0.1) is 11.3 Å². The lowest BCUT2D eigenvalue weighted by Crippen LogP contribution is -2.13. The molecule has 0 radical (unpaired) electrons. The van der Waals surface area contributed by atoms with Crippen molar-refractivity contribution in [2.45, 2.75) is 0 Å². The van der Waals surface area contributed by atoms with E-state index in [-0.39, 0.29) is 5.91 Å². The van der Waals surface area contributed by atoms with Gasteiger partial charge in [-0.3, -0.25) is 10.1 Å². The van der Waals surface area contributed by atoms with Crippen molar-refractivity contribution in [1.82, 2.24) is 4.98 Å². The molecule has 1 aromatic heterocycles. The Hall–Kier alpha value is -1.000. The minimum atomic E-state index is -0.128. The van der Waals surface area contributed by atoms with Gasteiger partial charge in [-0.2, -0.15) is 0 Å². The van der Waals surface area contributed by atoms with E-state index in [0.29, 0.717) is 10.7 Å². The highest BCUT2D eigenvalue weighted by Gasteiger charge is 2.13. The first kappa shape index (κ1) is 15.9. The first-order valence-corrected chi connectivity index (χ1v) is 9.44. The molecular formula is C16H10I2N2OS. The molecule has 0 unspecified atom stereocenters. The molecule has 0 aliphatic carbocycles. The molecule has 2 aromatic carbocycles. The maximum absolute atomic E-state index is 12.4. The summed E-state index contributed by atoms with van der Waals surface area (Å²) in [4.78, 5) is 16.9. The van der Waals surface area contributed by atoms with Crippen LogP contribution in [0.25, 0.3) is 11.3 Å². The van der Waals surface area contributed by atoms with Gasteiger partial charge in [-0.25, -0.2) is 4.98 Å². The first-order valence-electron chi connectivity index (χ1n) is 6.41. The second-order valence-electron chi connectivity index (χ2n) is 4.48. The average Bonchev–Trinajstić information content (AvgIpc) is 2.99. The predicted octanol–water partition coefficient (Wildman–Crippen LogP) is 5.27. The van der Waals surface area contributed by atoms with E-state index in [1.807, 2.05) is 53.9 Å². The molecule has 3 rings (SSSR count). The Morgan fingerprint density at radius 2 is 1.86 bits per heavy atom. The van der Waals surface area contributed by atoms with E-state index < -0.39 is 0 Å². The van der Waals surface area contributed by atoms with Crippen molar-refractivity contribution in [2.24, 2.45) is 0 Å². The zero-order valence-electron chi connectivity index (χ0n) is 11.2. The van der Waals surface area contributed by atoms with Crippen LogP contribution in [0.1, 0.15) is 10.4 Å². The van der Waals surface area contributed by atoms with Crippen LogP contribution in [0.15, 0.2) is 53.9 Å². The normalized spacial score (nSPS) is 10.5. The van der Waals surface area contributed by atoms with Crippen molar-refractivity contribution in [3.8, 4) is 11.3 Å². The highest BCUT2D eigenvalue weighted by molar-refractivity contribution is 14.1. The zero-order chi connectivity index (χ0) is 15.5. The number of nitrogens with one attached hydrogen (secondary N) is 1. The highest BCUT2D eigenvalue weighted by Crippen LogP contribution is 2.25. The Bertz CT molecular complexity index is 818. The van der Waals surface area contributed by atoms with Crippen molar-refractivity contribution in [3.05, 3.63) is 66.6 Å². The fraction of sp³-hybridized carbons (Fsp3) is 0. The maximum Gasteiger partial charge on any atom is 0.258 e. The fourth-order valence-corrected chi connectivity index (χ4v) is 3.69. The molecule has 3 nitrogen and oxygen atoms in total. The summed E-state index contributed by atoms with van der Waals surface area (Å²) in [6.45, 7) is 0. The molecule has 0 saturated carbocycles. The van der Waals surface area contributed by atoms with Gasteiger partial charge in [-0.05, 0) is 63.4 Å². The van der Waals surface area contributed by atoms with Crippen LogP contribution < -0.4 is 5.32 Å². The highest BCUT2D eigenvalue weighted by atomic mass is 127. The van der Waals surface area contributed by atoms with E-state index in [0.717, 1.165) is 18.4 Å². The molecule has 1 N–H and O–H groups in total. The van der Waals surface area contributed by atoms with Crippen LogP contribution in [-0.2, 0) is 0 Å². The molecule has 0 aliphatic rings. The summed E-state index contributed by atoms with van der Waals surface area (Å²) in [6.07, 6.45) is 0. The lowest BCUT2D eigenvalue weighted by molar-refractivity contribution is 0.102. The van der Waals surface area contributed by atoms with Gasteiger partial charge in [0.15, 0.2) is 5.13 Å². The van der Waals surface area contributed by atoms with Crippen LogP contribution >= 0.6 is 56.5 Å². The Balaban J connectivity index is 1.81. The number of amides is 1. The molecule has 0 spiro atoms. The Labute approximate surface area is 159 Å². The van der Waals surface area contributed by atoms with E-state index in [9.17, 15) is 4.79 Å². The van der Waals surface area contributed by atoms with Gasteiger partial charge in [0, 0.05) is 18.1 Å². The molecule has 0 atom stereocenters. The summed E-state index contributed by atoms with van der Waals surface area (Å²) < 4.78 is 1.96. The quantitative estimate of drug-likeness (QED) is 0.468. The van der Waals surface area contributed by atoms with Crippen LogP contribution in [-0.4, -0.2) is 10.9 Å². The van der Waals surface area contributed by atoms with Crippen LogP contribution in [0.5, 0.6) is 0 Å². The molecule has 110 valence electrons. The largest absolute Gasteiger partial charge is 0.298 e. The standard InChI is InChI=1S/C16H10I2N2OS/c17-11-6-7-13(18)12(8-11)15(21)20-16-19-14(9-22-16)10-4-2-1-3-5-10/h1-9H,(H,19,20,21). The Kier molecular flexibility index (Phi) is 5.09. The van der Waals surface area contributed by atoms with E-state index in [1.165, 1.54) is 11.3 Å². The number of halogens is 2. The van der Waals surface area contributed by atoms with Gasteiger partial charge in [-0.1, -0.05) is 30.3 Å². The predicted molar refractivity (Wildman–Crippen MR) is 107 cm³/mol. The average molecular weight is 532 g/mol. The molecule has 3 aromatic rings. The Morgan fingerprint density at radius 3 is 2.64 bits per heavy atom. The maximum atomic E-state index is 12.4. The van der Waals surface area contributed by atoms with Crippen molar-refractivity contribution < 1.29 is 4.79 Å². The van der Waals surface area contributed by atoms with E-state index in [4.69, 9.17) is 0 Å². The van der Waals surface area contributed by atoms with Crippen LogP contribution in [0.4, 0.5) is 5.13 Å². The number of rotatable bonds is 3. The summed E-state index contributed by atoms with van der Waals surface area (Å²) in [5, 5.41) is 5.44. The number of thiazole rings is 1. The molecule has 6 heteroatoms. The van der Waals surface area contributed by atoms with Crippen LogP contribution in [0, 0.1) is 7.14 Å². The molecule has 22 heavy (non-hydrogen) atoms. The van der Waals surface area contributed by atoms with Crippen molar-refractivity contribution in [1.29, 1.82) is 0 Å². The van der Waals surface area contributed by atoms with Crippen LogP contribution in [0.2, 0.25) is 0 Å². The van der Waals surface area contributed by atoms with Crippen molar-refractivity contribution in [2.75, 3.05) is 5.32 Å². The van der Waals surface area contributed by atoms with Gasteiger partial charge >= 0.3 is 0 Å². The SMILES string of the molecule is O=C(Nc1nc(-c2ccccc2)cs1)c1cc(I)ccc1I. The lowest BCUT2D eigenvalue weighted by atomic mass is 10.2. The number of carbonyl (C=O) groups excluding carboxylic acids is 1. The third-order valence-corrected chi connectivity index (χ3v) is 5.34. The second-order valence-corrected chi connectivity index (χ2v) is 7.75. The van der Waals surface area contributed by atoms with Gasteiger partial charge in [0.25, 0.3) is 5.91 Å². The van der Waals surface area contributed by atoms with Crippen molar-refractivity contribution in [3.63, 3.8) is 0 Å². The second kappa shape index (κ2) is 7.05. The number of benzene rings is 2. The number of carbonyl (C=O) groups is 1. The summed E-state index contributed by atoms with van der Waals surface area (Å²) in [5.41, 5.74) is 2.59. The number of aromatic nitrogens is 1. The summed E-state index contributed by atoms with van der Waals surface area (Å²) in [6, 6.07) is 15.7. The molecule has 0 saturated heterocycles. The first-order chi connectivity index (χ1) is 10.6. The molecule has 0 aliphatic heterocycles. The van der Waals surface area contributed by atoms with Gasteiger partial charge in [0.05, 0.1) is 11.3 Å². The van der Waals surface area contributed by atoms with Gasteiger partial charge in [0.1, 0.15) is 0 Å². The van der Waals surface area contributed by atoms with E-state index >= 15 is 0 Å².